The van der Waals surface area contributed by atoms with E-state index in [1.54, 1.807) is 13.0 Å². The number of halogens is 1. The van der Waals surface area contributed by atoms with Crippen molar-refractivity contribution in [1.29, 1.82) is 0 Å². The van der Waals surface area contributed by atoms with E-state index in [2.05, 4.69) is 10.3 Å². The van der Waals surface area contributed by atoms with Crippen LogP contribution in [0.1, 0.15) is 28.5 Å². The average Bonchev–Trinajstić information content (AvgIpc) is 2.23. The Morgan fingerprint density at radius 2 is 2.10 bits per heavy atom. The maximum absolute atomic E-state index is 12.2. The number of aromatic nitrogens is 1. The Kier molecular flexibility index (Phi) is 5.50. The Morgan fingerprint density at radius 3 is 2.60 bits per heavy atom. The molecule has 0 radical (unpaired) electrons. The van der Waals surface area contributed by atoms with E-state index in [1.807, 2.05) is 32.8 Å². The van der Waals surface area contributed by atoms with Crippen LogP contribution in [0.3, 0.4) is 0 Å². The highest BCUT2D eigenvalue weighted by Crippen LogP contribution is 2.18. The molecule has 1 atom stereocenters. The van der Waals surface area contributed by atoms with Crippen LogP contribution in [0.2, 0.25) is 5.15 Å². The molecule has 6 heteroatoms. The van der Waals surface area contributed by atoms with Crippen molar-refractivity contribution in [2.75, 3.05) is 27.2 Å². The van der Waals surface area contributed by atoms with Gasteiger partial charge in [-0.1, -0.05) is 11.6 Å². The van der Waals surface area contributed by atoms with Gasteiger partial charge in [0.25, 0.3) is 5.91 Å². The first-order valence-corrected chi connectivity index (χ1v) is 6.79. The topological polar surface area (TPSA) is 65.5 Å². The number of nitrogens with zero attached hydrogens (tertiary/aromatic N) is 2. The highest BCUT2D eigenvalue weighted by Gasteiger charge is 2.23. The molecule has 1 amide bonds. The molecule has 1 heterocycles. The van der Waals surface area contributed by atoms with Crippen molar-refractivity contribution < 1.29 is 9.90 Å². The summed E-state index contributed by atoms with van der Waals surface area (Å²) in [5.41, 5.74) is 0.895. The highest BCUT2D eigenvalue weighted by molar-refractivity contribution is 6.32. The number of rotatable bonds is 5. The number of likely N-dealkylation sites (N-methyl/N-ethyl adjacent to an activating group) is 1. The smallest absolute Gasteiger partial charge is 0.254 e. The van der Waals surface area contributed by atoms with E-state index in [-0.39, 0.29) is 17.6 Å². The lowest BCUT2D eigenvalue weighted by Gasteiger charge is -2.27. The maximum atomic E-state index is 12.2. The van der Waals surface area contributed by atoms with Crippen LogP contribution in [0.15, 0.2) is 6.07 Å². The van der Waals surface area contributed by atoms with Gasteiger partial charge in [-0.05, 0) is 46.5 Å². The zero-order chi connectivity index (χ0) is 15.5. The molecule has 0 aliphatic heterocycles. The van der Waals surface area contributed by atoms with Crippen molar-refractivity contribution in [3.63, 3.8) is 0 Å². The lowest BCUT2D eigenvalue weighted by Crippen LogP contribution is -2.47. The van der Waals surface area contributed by atoms with Crippen LogP contribution in [0, 0.1) is 13.8 Å². The molecule has 1 aromatic heterocycles. The van der Waals surface area contributed by atoms with Gasteiger partial charge in [-0.3, -0.25) is 4.79 Å². The highest BCUT2D eigenvalue weighted by atomic mass is 35.5. The summed E-state index contributed by atoms with van der Waals surface area (Å²) < 4.78 is 0. The van der Waals surface area contributed by atoms with Gasteiger partial charge < -0.3 is 15.3 Å². The van der Waals surface area contributed by atoms with Gasteiger partial charge in [0, 0.05) is 18.8 Å². The van der Waals surface area contributed by atoms with Crippen LogP contribution in [-0.4, -0.2) is 53.7 Å². The quantitative estimate of drug-likeness (QED) is 0.807. The number of nitrogens with one attached hydrogen (secondary N) is 1. The molecule has 112 valence electrons. The fourth-order valence-electron chi connectivity index (χ4n) is 2.16. The summed E-state index contributed by atoms with van der Waals surface area (Å²) in [4.78, 5) is 18.1. The third-order valence-electron chi connectivity index (χ3n) is 2.81. The van der Waals surface area contributed by atoms with Gasteiger partial charge in [0.15, 0.2) is 0 Å². The molecule has 0 bridgehead atoms. The summed E-state index contributed by atoms with van der Waals surface area (Å²) in [5, 5.41) is 13.1. The Morgan fingerprint density at radius 1 is 1.50 bits per heavy atom. The average molecular weight is 300 g/mol. The van der Waals surface area contributed by atoms with Crippen molar-refractivity contribution in [2.45, 2.75) is 26.4 Å². The zero-order valence-corrected chi connectivity index (χ0v) is 13.4. The van der Waals surface area contributed by atoms with Crippen molar-refractivity contribution in [1.82, 2.24) is 15.2 Å². The largest absolute Gasteiger partial charge is 0.387 e. The first kappa shape index (κ1) is 16.9. The minimum atomic E-state index is -1.00. The van der Waals surface area contributed by atoms with Crippen LogP contribution in [0.25, 0.3) is 0 Å². The van der Waals surface area contributed by atoms with E-state index >= 15 is 0 Å². The van der Waals surface area contributed by atoms with E-state index in [0.717, 1.165) is 11.3 Å². The molecule has 0 aliphatic carbocycles. The molecular weight excluding hydrogens is 278 g/mol. The third kappa shape index (κ3) is 4.74. The van der Waals surface area contributed by atoms with E-state index in [1.165, 1.54) is 0 Å². The molecule has 1 aromatic rings. The molecule has 1 unspecified atom stereocenters. The van der Waals surface area contributed by atoms with Gasteiger partial charge in [-0.2, -0.15) is 0 Å². The number of carbonyl (C=O) groups is 1. The number of aliphatic hydroxyl groups is 1. The van der Waals surface area contributed by atoms with Gasteiger partial charge in [-0.25, -0.2) is 4.98 Å². The molecule has 0 aromatic carbocycles. The minimum absolute atomic E-state index is 0.146. The summed E-state index contributed by atoms with van der Waals surface area (Å²) in [5.74, 6) is -0.320. The maximum Gasteiger partial charge on any atom is 0.254 e. The van der Waals surface area contributed by atoms with Crippen LogP contribution in [-0.2, 0) is 0 Å². The van der Waals surface area contributed by atoms with Gasteiger partial charge in [0.05, 0.1) is 11.2 Å². The Bertz CT molecular complexity index is 478. The lowest BCUT2D eigenvalue weighted by molar-refractivity contribution is 0.0325. The zero-order valence-electron chi connectivity index (χ0n) is 12.6. The van der Waals surface area contributed by atoms with Crippen LogP contribution in [0.5, 0.6) is 0 Å². The summed E-state index contributed by atoms with van der Waals surface area (Å²) in [6, 6.07) is 1.80. The number of aryl methyl sites for hydroxylation is 2. The van der Waals surface area contributed by atoms with Crippen LogP contribution in [0.4, 0.5) is 0 Å². The van der Waals surface area contributed by atoms with Crippen molar-refractivity contribution >= 4 is 17.5 Å². The second kappa shape index (κ2) is 6.52. The lowest BCUT2D eigenvalue weighted by atomic mass is 10.1. The normalized spacial score (nSPS) is 14.2. The molecular formula is C14H22ClN3O2. The third-order valence-corrected chi connectivity index (χ3v) is 3.09. The summed E-state index contributed by atoms with van der Waals surface area (Å²) >= 11 is 6.02. The molecule has 0 aliphatic rings. The van der Waals surface area contributed by atoms with Gasteiger partial charge in [0.1, 0.15) is 5.15 Å². The number of hydrogen-bond donors (Lipinski definition) is 2. The number of pyridine rings is 1. The van der Waals surface area contributed by atoms with Crippen molar-refractivity contribution in [3.05, 3.63) is 28.0 Å². The molecule has 0 spiro atoms. The second-order valence-corrected chi connectivity index (χ2v) is 6.02. The van der Waals surface area contributed by atoms with Crippen LogP contribution < -0.4 is 5.32 Å². The molecule has 5 nitrogen and oxygen atoms in total. The standard InChI is InChI=1S/C14H22ClN3O2/c1-9-6-10(2)17-12(15)11(9)13(19)16-7-14(3,20)8-18(4)5/h6,20H,7-8H2,1-5H3,(H,16,19). The minimum Gasteiger partial charge on any atom is -0.387 e. The molecule has 0 saturated carbocycles. The molecule has 20 heavy (non-hydrogen) atoms. The van der Waals surface area contributed by atoms with E-state index in [0.29, 0.717) is 12.1 Å². The Hall–Kier alpha value is -1.17. The van der Waals surface area contributed by atoms with Crippen LogP contribution >= 0.6 is 11.6 Å². The predicted octanol–water partition coefficient (Wildman–Crippen LogP) is 1.39. The molecule has 0 saturated heterocycles. The number of carbonyl (C=O) groups excluding carboxylic acids is 1. The first-order chi connectivity index (χ1) is 9.12. The van der Waals surface area contributed by atoms with E-state index in [9.17, 15) is 9.90 Å². The van der Waals surface area contributed by atoms with Gasteiger partial charge >= 0.3 is 0 Å². The predicted molar refractivity (Wildman–Crippen MR) is 80.2 cm³/mol. The number of hydrogen-bond acceptors (Lipinski definition) is 4. The van der Waals surface area contributed by atoms with Gasteiger partial charge in [-0.15, -0.1) is 0 Å². The van der Waals surface area contributed by atoms with Gasteiger partial charge in [0.2, 0.25) is 0 Å². The molecule has 1 rings (SSSR count). The van der Waals surface area contributed by atoms with E-state index in [4.69, 9.17) is 11.6 Å². The molecule has 2 N–H and O–H groups in total. The summed E-state index contributed by atoms with van der Waals surface area (Å²) in [6.45, 7) is 5.91. The fraction of sp³-hybridized carbons (Fsp3) is 0.571. The SMILES string of the molecule is Cc1cc(C)c(C(=O)NCC(C)(O)CN(C)C)c(Cl)n1. The van der Waals surface area contributed by atoms with Crippen molar-refractivity contribution in [3.8, 4) is 0 Å². The second-order valence-electron chi connectivity index (χ2n) is 5.66. The van der Waals surface area contributed by atoms with Crippen molar-refractivity contribution in [2.24, 2.45) is 0 Å². The van der Waals surface area contributed by atoms with E-state index < -0.39 is 5.60 Å². The first-order valence-electron chi connectivity index (χ1n) is 6.41. The summed E-state index contributed by atoms with van der Waals surface area (Å²) in [7, 11) is 3.72. The fourth-order valence-corrected chi connectivity index (χ4v) is 2.53. The Balaban J connectivity index is 2.78. The Labute approximate surface area is 125 Å². The molecule has 0 fully saturated rings. The summed E-state index contributed by atoms with van der Waals surface area (Å²) in [6.07, 6.45) is 0. The number of amides is 1. The monoisotopic (exact) mass is 299 g/mol.